The van der Waals surface area contributed by atoms with E-state index in [-0.39, 0.29) is 5.91 Å². The quantitative estimate of drug-likeness (QED) is 0.783. The van der Waals surface area contributed by atoms with Crippen LogP contribution < -0.4 is 14.5 Å². The second-order valence-electron chi connectivity index (χ2n) is 6.70. The Morgan fingerprint density at radius 1 is 0.926 bits per heavy atom. The molecule has 0 spiro atoms. The molecule has 1 saturated heterocycles. The SMILES string of the molecule is CCN(CC)c1ccc(N2CCN(C(=O)c3ccc(OC)cc3)CC2)cc1. The van der Waals surface area contributed by atoms with E-state index in [2.05, 4.69) is 47.9 Å². The first-order valence-electron chi connectivity index (χ1n) is 9.69. The highest BCUT2D eigenvalue weighted by Crippen LogP contribution is 2.22. The number of rotatable bonds is 6. The Morgan fingerprint density at radius 3 is 2.04 bits per heavy atom. The highest BCUT2D eigenvalue weighted by Gasteiger charge is 2.22. The molecule has 0 atom stereocenters. The fourth-order valence-electron chi connectivity index (χ4n) is 3.55. The maximum absolute atomic E-state index is 12.7. The molecular weight excluding hydrogens is 338 g/mol. The second-order valence-corrected chi connectivity index (χ2v) is 6.70. The van der Waals surface area contributed by atoms with Crippen LogP contribution >= 0.6 is 0 Å². The van der Waals surface area contributed by atoms with Crippen molar-refractivity contribution in [3.05, 3.63) is 54.1 Å². The molecule has 1 fully saturated rings. The zero-order chi connectivity index (χ0) is 19.2. The third-order valence-corrected chi connectivity index (χ3v) is 5.25. The molecule has 2 aromatic rings. The van der Waals surface area contributed by atoms with E-state index in [0.29, 0.717) is 5.56 Å². The van der Waals surface area contributed by atoms with Gasteiger partial charge in [0.2, 0.25) is 0 Å². The molecule has 0 radical (unpaired) electrons. The number of nitrogens with zero attached hydrogens (tertiary/aromatic N) is 3. The molecule has 0 bridgehead atoms. The molecule has 0 aliphatic carbocycles. The molecule has 0 unspecified atom stereocenters. The molecule has 1 amide bonds. The van der Waals surface area contributed by atoms with Crippen molar-refractivity contribution in [3.63, 3.8) is 0 Å². The fourth-order valence-corrected chi connectivity index (χ4v) is 3.55. The van der Waals surface area contributed by atoms with Gasteiger partial charge in [-0.25, -0.2) is 0 Å². The van der Waals surface area contributed by atoms with E-state index in [1.807, 2.05) is 29.2 Å². The summed E-state index contributed by atoms with van der Waals surface area (Å²) >= 11 is 0. The average Bonchev–Trinajstić information content (AvgIpc) is 2.75. The predicted octanol–water partition coefficient (Wildman–Crippen LogP) is 3.50. The minimum Gasteiger partial charge on any atom is -0.497 e. The Balaban J connectivity index is 1.58. The lowest BCUT2D eigenvalue weighted by Crippen LogP contribution is -2.48. The number of amides is 1. The first-order chi connectivity index (χ1) is 13.2. The highest BCUT2D eigenvalue weighted by molar-refractivity contribution is 5.94. The van der Waals surface area contributed by atoms with Crippen molar-refractivity contribution in [3.8, 4) is 5.75 Å². The molecule has 1 aliphatic heterocycles. The lowest BCUT2D eigenvalue weighted by Gasteiger charge is -2.36. The van der Waals surface area contributed by atoms with E-state index in [9.17, 15) is 4.79 Å². The van der Waals surface area contributed by atoms with Gasteiger partial charge in [0.15, 0.2) is 0 Å². The van der Waals surface area contributed by atoms with Crippen LogP contribution in [0.5, 0.6) is 5.75 Å². The van der Waals surface area contributed by atoms with Crippen LogP contribution in [0, 0.1) is 0 Å². The summed E-state index contributed by atoms with van der Waals surface area (Å²) in [6.45, 7) is 9.57. The Hall–Kier alpha value is -2.69. The summed E-state index contributed by atoms with van der Waals surface area (Å²) in [7, 11) is 1.63. The number of carbonyl (C=O) groups excluding carboxylic acids is 1. The van der Waals surface area contributed by atoms with Crippen molar-refractivity contribution in [2.24, 2.45) is 0 Å². The van der Waals surface area contributed by atoms with Gasteiger partial charge in [0, 0.05) is 56.2 Å². The lowest BCUT2D eigenvalue weighted by molar-refractivity contribution is 0.0747. The van der Waals surface area contributed by atoms with Crippen LogP contribution in [0.15, 0.2) is 48.5 Å². The Bertz CT molecular complexity index is 731. The van der Waals surface area contributed by atoms with Crippen molar-refractivity contribution < 1.29 is 9.53 Å². The van der Waals surface area contributed by atoms with Crippen LogP contribution in [0.2, 0.25) is 0 Å². The average molecular weight is 367 g/mol. The van der Waals surface area contributed by atoms with Crippen LogP contribution in [-0.4, -0.2) is 57.2 Å². The van der Waals surface area contributed by atoms with Crippen LogP contribution in [0.4, 0.5) is 11.4 Å². The number of hydrogen-bond acceptors (Lipinski definition) is 4. The van der Waals surface area contributed by atoms with Crippen molar-refractivity contribution in [1.82, 2.24) is 4.90 Å². The van der Waals surface area contributed by atoms with Gasteiger partial charge in [0.25, 0.3) is 5.91 Å². The van der Waals surface area contributed by atoms with Crippen LogP contribution in [0.1, 0.15) is 24.2 Å². The van der Waals surface area contributed by atoms with Crippen molar-refractivity contribution in [2.75, 3.05) is 56.2 Å². The Labute approximate surface area is 162 Å². The lowest BCUT2D eigenvalue weighted by atomic mass is 10.1. The van der Waals surface area contributed by atoms with Gasteiger partial charge in [0.05, 0.1) is 7.11 Å². The second kappa shape index (κ2) is 8.80. The molecular formula is C22H29N3O2. The summed E-state index contributed by atoms with van der Waals surface area (Å²) < 4.78 is 5.16. The molecule has 0 saturated carbocycles. The number of anilines is 2. The molecule has 2 aromatic carbocycles. The maximum atomic E-state index is 12.7. The molecule has 5 nitrogen and oxygen atoms in total. The van der Waals surface area contributed by atoms with Crippen LogP contribution in [0.25, 0.3) is 0 Å². The monoisotopic (exact) mass is 367 g/mol. The highest BCUT2D eigenvalue weighted by atomic mass is 16.5. The molecule has 1 heterocycles. The van der Waals surface area contributed by atoms with Gasteiger partial charge in [-0.1, -0.05) is 0 Å². The van der Waals surface area contributed by atoms with Gasteiger partial charge in [0.1, 0.15) is 5.75 Å². The van der Waals surface area contributed by atoms with Crippen LogP contribution in [-0.2, 0) is 0 Å². The number of hydrogen-bond donors (Lipinski definition) is 0. The molecule has 0 N–H and O–H groups in total. The summed E-state index contributed by atoms with van der Waals surface area (Å²) in [5, 5.41) is 0. The third kappa shape index (κ3) is 4.35. The molecule has 1 aliphatic rings. The normalized spacial score (nSPS) is 14.2. The van der Waals surface area contributed by atoms with Crippen LogP contribution in [0.3, 0.4) is 0 Å². The van der Waals surface area contributed by atoms with Gasteiger partial charge >= 0.3 is 0 Å². The van der Waals surface area contributed by atoms with E-state index >= 15 is 0 Å². The molecule has 27 heavy (non-hydrogen) atoms. The topological polar surface area (TPSA) is 36.0 Å². The number of carbonyl (C=O) groups is 1. The minimum absolute atomic E-state index is 0.0918. The predicted molar refractivity (Wildman–Crippen MR) is 111 cm³/mol. The largest absolute Gasteiger partial charge is 0.497 e. The van der Waals surface area contributed by atoms with E-state index in [0.717, 1.165) is 45.0 Å². The summed E-state index contributed by atoms with van der Waals surface area (Å²) in [6.07, 6.45) is 0. The van der Waals surface area contributed by atoms with Gasteiger partial charge in [-0.2, -0.15) is 0 Å². The molecule has 144 valence electrons. The molecule has 0 aromatic heterocycles. The van der Waals surface area contributed by atoms with Crippen molar-refractivity contribution in [1.29, 1.82) is 0 Å². The number of piperazine rings is 1. The van der Waals surface area contributed by atoms with Crippen molar-refractivity contribution in [2.45, 2.75) is 13.8 Å². The summed E-state index contributed by atoms with van der Waals surface area (Å²) in [5.41, 5.74) is 3.20. The van der Waals surface area contributed by atoms with Gasteiger partial charge in [-0.15, -0.1) is 0 Å². The van der Waals surface area contributed by atoms with E-state index in [4.69, 9.17) is 4.74 Å². The van der Waals surface area contributed by atoms with Crippen molar-refractivity contribution >= 4 is 17.3 Å². The van der Waals surface area contributed by atoms with Gasteiger partial charge < -0.3 is 19.4 Å². The standard InChI is InChI=1S/C22H29N3O2/c1-4-23(5-2)19-8-10-20(11-9-19)24-14-16-25(17-15-24)22(26)18-6-12-21(27-3)13-7-18/h6-13H,4-5,14-17H2,1-3H3. The first kappa shape index (κ1) is 19.1. The smallest absolute Gasteiger partial charge is 0.253 e. The number of methoxy groups -OCH3 is 1. The first-order valence-corrected chi connectivity index (χ1v) is 9.69. The minimum atomic E-state index is 0.0918. The Kier molecular flexibility index (Phi) is 6.22. The zero-order valence-electron chi connectivity index (χ0n) is 16.5. The summed E-state index contributed by atoms with van der Waals surface area (Å²) in [5.74, 6) is 0.860. The Morgan fingerprint density at radius 2 is 1.52 bits per heavy atom. The van der Waals surface area contributed by atoms with Gasteiger partial charge in [-0.3, -0.25) is 4.79 Å². The van der Waals surface area contributed by atoms with E-state index in [1.54, 1.807) is 7.11 Å². The maximum Gasteiger partial charge on any atom is 0.253 e. The fraction of sp³-hybridized carbons (Fsp3) is 0.409. The number of ether oxygens (including phenoxy) is 1. The van der Waals surface area contributed by atoms with E-state index < -0.39 is 0 Å². The molecule has 5 heteroatoms. The zero-order valence-corrected chi connectivity index (χ0v) is 16.5. The summed E-state index contributed by atoms with van der Waals surface area (Å²) in [6, 6.07) is 16.1. The van der Waals surface area contributed by atoms with Gasteiger partial charge in [-0.05, 0) is 62.4 Å². The third-order valence-electron chi connectivity index (χ3n) is 5.25. The molecule has 3 rings (SSSR count). The number of benzene rings is 2. The van der Waals surface area contributed by atoms with E-state index in [1.165, 1.54) is 11.4 Å². The summed E-state index contributed by atoms with van der Waals surface area (Å²) in [4.78, 5) is 19.3.